The molecule has 4 rings (SSSR count). The molecule has 1 fully saturated rings. The van der Waals surface area contributed by atoms with E-state index >= 15 is 0 Å². The molecule has 0 saturated carbocycles. The molecule has 3 heterocycles. The second kappa shape index (κ2) is 7.88. The zero-order chi connectivity index (χ0) is 20.5. The Hall–Kier alpha value is -2.84. The largest absolute Gasteiger partial charge is 0.377 e. The molecule has 3 aromatic rings. The van der Waals surface area contributed by atoms with Crippen molar-refractivity contribution in [1.29, 1.82) is 0 Å². The van der Waals surface area contributed by atoms with Crippen molar-refractivity contribution in [1.82, 2.24) is 20.3 Å². The fourth-order valence-corrected chi connectivity index (χ4v) is 3.54. The summed E-state index contributed by atoms with van der Waals surface area (Å²) in [4.78, 5) is 27.3. The topological polar surface area (TPSA) is 80.2 Å². The van der Waals surface area contributed by atoms with Gasteiger partial charge in [0.1, 0.15) is 11.6 Å². The van der Waals surface area contributed by atoms with Crippen LogP contribution < -0.4 is 10.2 Å². The van der Waals surface area contributed by atoms with Crippen LogP contribution in [0.2, 0.25) is 5.28 Å². The van der Waals surface area contributed by atoms with Crippen LogP contribution in [0.25, 0.3) is 22.3 Å². The summed E-state index contributed by atoms with van der Waals surface area (Å²) in [6.07, 6.45) is 0. The van der Waals surface area contributed by atoms with Gasteiger partial charge in [0.25, 0.3) is 5.91 Å². The van der Waals surface area contributed by atoms with Crippen LogP contribution in [-0.4, -0.2) is 53.7 Å². The molecule has 1 aromatic carbocycles. The van der Waals surface area contributed by atoms with Crippen molar-refractivity contribution in [3.63, 3.8) is 0 Å². The van der Waals surface area contributed by atoms with E-state index in [1.54, 1.807) is 12.1 Å². The van der Waals surface area contributed by atoms with Crippen LogP contribution in [0.3, 0.4) is 0 Å². The third-order valence-corrected chi connectivity index (χ3v) is 5.05. The van der Waals surface area contributed by atoms with Crippen molar-refractivity contribution in [2.24, 2.45) is 0 Å². The summed E-state index contributed by atoms with van der Waals surface area (Å²) in [6, 6.07) is 8.10. The second-order valence-corrected chi connectivity index (χ2v) is 7.11. The Morgan fingerprint density at radius 3 is 2.86 bits per heavy atom. The van der Waals surface area contributed by atoms with Crippen LogP contribution in [0, 0.1) is 5.82 Å². The predicted octanol–water partition coefficient (Wildman–Crippen LogP) is 3.07. The Kier molecular flexibility index (Phi) is 5.29. The maximum Gasteiger partial charge on any atom is 0.254 e. The van der Waals surface area contributed by atoms with Gasteiger partial charge in [-0.25, -0.2) is 9.37 Å². The smallest absolute Gasteiger partial charge is 0.254 e. The lowest BCUT2D eigenvalue weighted by Crippen LogP contribution is -2.44. The summed E-state index contributed by atoms with van der Waals surface area (Å²) < 4.78 is 19.5. The fourth-order valence-electron chi connectivity index (χ4n) is 3.38. The Balaban J connectivity index is 1.80. The van der Waals surface area contributed by atoms with E-state index in [2.05, 4.69) is 32.1 Å². The zero-order valence-electron chi connectivity index (χ0n) is 15.9. The number of morpholine rings is 1. The quantitative estimate of drug-likeness (QED) is 0.662. The molecule has 9 heteroatoms. The molecule has 0 unspecified atom stereocenters. The number of fused-ring (bicyclic) bond motifs is 1. The number of anilines is 1. The normalized spacial score (nSPS) is 16.8. The molecule has 1 N–H and O–H groups in total. The minimum Gasteiger partial charge on any atom is -0.377 e. The van der Waals surface area contributed by atoms with Crippen molar-refractivity contribution in [2.45, 2.75) is 13.0 Å². The van der Waals surface area contributed by atoms with Gasteiger partial charge in [0, 0.05) is 19.2 Å². The Morgan fingerprint density at radius 1 is 1.28 bits per heavy atom. The molecule has 1 aliphatic rings. The first-order chi connectivity index (χ1) is 14.0. The lowest BCUT2D eigenvalue weighted by Gasteiger charge is -2.34. The van der Waals surface area contributed by atoms with E-state index in [-0.39, 0.29) is 16.9 Å². The third-order valence-electron chi connectivity index (χ3n) is 4.89. The number of amides is 1. The van der Waals surface area contributed by atoms with E-state index < -0.39 is 11.7 Å². The first kappa shape index (κ1) is 19.5. The average molecular weight is 416 g/mol. The lowest BCUT2D eigenvalue weighted by atomic mass is 10.1. The Bertz CT molecular complexity index is 1090. The Labute approximate surface area is 171 Å². The maximum atomic E-state index is 14.0. The molecular weight excluding hydrogens is 397 g/mol. The number of halogens is 2. The standard InChI is InChI=1S/C20H19ClFN5O2/c1-11-10-29-8-7-27(11)18-13-4-6-16(24-17(13)25-20(21)26-18)12-3-5-15(22)14(9-12)19(28)23-2/h3-6,9,11H,7-8,10H2,1-2H3,(H,23,28)/t11-/m0/s1. The number of benzene rings is 1. The number of nitrogens with zero attached hydrogens (tertiary/aromatic N) is 4. The monoisotopic (exact) mass is 415 g/mol. The van der Waals surface area contributed by atoms with Crippen LogP contribution in [0.1, 0.15) is 17.3 Å². The highest BCUT2D eigenvalue weighted by molar-refractivity contribution is 6.28. The van der Waals surface area contributed by atoms with Crippen LogP contribution in [-0.2, 0) is 4.74 Å². The predicted molar refractivity (Wildman–Crippen MR) is 109 cm³/mol. The van der Waals surface area contributed by atoms with E-state index in [4.69, 9.17) is 16.3 Å². The SMILES string of the molecule is CNC(=O)c1cc(-c2ccc3c(N4CCOC[C@@H]4C)nc(Cl)nc3n2)ccc1F. The Morgan fingerprint density at radius 2 is 2.10 bits per heavy atom. The van der Waals surface area contributed by atoms with Gasteiger partial charge in [0.15, 0.2) is 5.65 Å². The first-order valence-electron chi connectivity index (χ1n) is 9.18. The highest BCUT2D eigenvalue weighted by Gasteiger charge is 2.23. The lowest BCUT2D eigenvalue weighted by molar-refractivity contribution is 0.0959. The van der Waals surface area contributed by atoms with Gasteiger partial charge in [-0.3, -0.25) is 4.79 Å². The number of hydrogen-bond acceptors (Lipinski definition) is 6. The van der Waals surface area contributed by atoms with Gasteiger partial charge in [0.05, 0.1) is 35.9 Å². The van der Waals surface area contributed by atoms with Gasteiger partial charge >= 0.3 is 0 Å². The molecule has 1 aliphatic heterocycles. The first-order valence-corrected chi connectivity index (χ1v) is 9.56. The number of carbonyl (C=O) groups is 1. The van der Waals surface area contributed by atoms with Crippen LogP contribution in [0.4, 0.5) is 10.2 Å². The number of nitrogens with one attached hydrogen (secondary N) is 1. The van der Waals surface area contributed by atoms with Crippen molar-refractivity contribution in [3.8, 4) is 11.3 Å². The highest BCUT2D eigenvalue weighted by Crippen LogP contribution is 2.30. The molecule has 1 amide bonds. The van der Waals surface area contributed by atoms with E-state index in [9.17, 15) is 9.18 Å². The molecular formula is C20H19ClFN5O2. The summed E-state index contributed by atoms with van der Waals surface area (Å²) in [5.41, 5.74) is 1.54. The molecule has 0 radical (unpaired) electrons. The molecule has 0 spiro atoms. The van der Waals surface area contributed by atoms with E-state index in [0.29, 0.717) is 42.5 Å². The zero-order valence-corrected chi connectivity index (χ0v) is 16.7. The molecule has 7 nitrogen and oxygen atoms in total. The summed E-state index contributed by atoms with van der Waals surface area (Å²) in [6.45, 7) is 3.96. The van der Waals surface area contributed by atoms with Crippen molar-refractivity contribution >= 4 is 34.4 Å². The minimum absolute atomic E-state index is 0.0459. The van der Waals surface area contributed by atoms with Gasteiger partial charge in [-0.2, -0.15) is 9.97 Å². The van der Waals surface area contributed by atoms with Gasteiger partial charge in [-0.1, -0.05) is 0 Å². The van der Waals surface area contributed by atoms with Crippen molar-refractivity contribution in [2.75, 3.05) is 31.7 Å². The van der Waals surface area contributed by atoms with E-state index in [1.807, 2.05) is 6.07 Å². The van der Waals surface area contributed by atoms with Gasteiger partial charge in [-0.15, -0.1) is 0 Å². The van der Waals surface area contributed by atoms with Crippen LogP contribution >= 0.6 is 11.6 Å². The van der Waals surface area contributed by atoms with E-state index in [1.165, 1.54) is 19.2 Å². The van der Waals surface area contributed by atoms with Crippen LogP contribution in [0.5, 0.6) is 0 Å². The summed E-state index contributed by atoms with van der Waals surface area (Å²) >= 11 is 6.17. The number of aromatic nitrogens is 3. The third kappa shape index (κ3) is 3.73. The van der Waals surface area contributed by atoms with Crippen molar-refractivity contribution < 1.29 is 13.9 Å². The number of carbonyl (C=O) groups excluding carboxylic acids is 1. The van der Waals surface area contributed by atoms with Crippen LogP contribution in [0.15, 0.2) is 30.3 Å². The number of hydrogen-bond donors (Lipinski definition) is 1. The number of pyridine rings is 1. The van der Waals surface area contributed by atoms with Crippen molar-refractivity contribution in [3.05, 3.63) is 47.0 Å². The molecule has 0 aliphatic carbocycles. The fraction of sp³-hybridized carbons (Fsp3) is 0.300. The van der Waals surface area contributed by atoms with Gasteiger partial charge < -0.3 is 15.0 Å². The number of rotatable bonds is 3. The molecule has 0 bridgehead atoms. The highest BCUT2D eigenvalue weighted by atomic mass is 35.5. The molecule has 2 aromatic heterocycles. The average Bonchev–Trinajstić information content (AvgIpc) is 2.73. The summed E-state index contributed by atoms with van der Waals surface area (Å²) in [7, 11) is 1.45. The van der Waals surface area contributed by atoms with Gasteiger partial charge in [-0.05, 0) is 48.9 Å². The second-order valence-electron chi connectivity index (χ2n) is 6.77. The van der Waals surface area contributed by atoms with Gasteiger partial charge in [0.2, 0.25) is 5.28 Å². The maximum absolute atomic E-state index is 14.0. The number of ether oxygens (including phenoxy) is 1. The summed E-state index contributed by atoms with van der Waals surface area (Å²) in [5, 5.41) is 3.30. The summed E-state index contributed by atoms with van der Waals surface area (Å²) in [5.74, 6) is -0.387. The molecule has 29 heavy (non-hydrogen) atoms. The minimum atomic E-state index is -0.595. The molecule has 1 atom stereocenters. The van der Waals surface area contributed by atoms with E-state index in [0.717, 1.165) is 5.39 Å². The molecule has 150 valence electrons. The molecule has 1 saturated heterocycles.